The van der Waals surface area contributed by atoms with Gasteiger partial charge in [0.2, 0.25) is 5.91 Å². The van der Waals surface area contributed by atoms with E-state index in [1.54, 1.807) is 0 Å². The number of aliphatic hydroxyl groups is 3. The fourth-order valence-electron chi connectivity index (χ4n) is 7.94. The molecule has 0 aromatic rings. The molecule has 0 saturated carbocycles. The van der Waals surface area contributed by atoms with Gasteiger partial charge in [-0.05, 0) is 12.8 Å². The maximum Gasteiger partial charge on any atom is 0.222 e. The van der Waals surface area contributed by atoms with Crippen molar-refractivity contribution >= 4 is 5.91 Å². The van der Waals surface area contributed by atoms with Crippen LogP contribution in [0, 0.1) is 0 Å². The summed E-state index contributed by atoms with van der Waals surface area (Å²) < 4.78 is 0. The Balaban J connectivity index is 3.54. The van der Waals surface area contributed by atoms with Crippen LogP contribution in [0.1, 0.15) is 277 Å². The number of carbonyl (C=O) groups is 1. The molecule has 5 heteroatoms. The largest absolute Gasteiger partial charge is 0.394 e. The minimum absolute atomic E-state index is 0.0431. The zero-order valence-corrected chi connectivity index (χ0v) is 36.2. The van der Waals surface area contributed by atoms with E-state index in [1.165, 1.54) is 218 Å². The molecule has 0 aromatic heterocycles. The van der Waals surface area contributed by atoms with E-state index in [-0.39, 0.29) is 18.9 Å². The monoisotopic (exact) mass is 752 g/mol. The molecular formula is C48H97NO4. The molecule has 3 unspecified atom stereocenters. The smallest absolute Gasteiger partial charge is 0.222 e. The number of hydrogen-bond acceptors (Lipinski definition) is 4. The third kappa shape index (κ3) is 40.8. The highest BCUT2D eigenvalue weighted by molar-refractivity contribution is 5.76. The summed E-state index contributed by atoms with van der Waals surface area (Å²) in [4.78, 5) is 12.5. The Hall–Kier alpha value is -0.650. The van der Waals surface area contributed by atoms with Crippen LogP contribution in [-0.2, 0) is 4.79 Å². The van der Waals surface area contributed by atoms with Crippen molar-refractivity contribution < 1.29 is 20.1 Å². The topological polar surface area (TPSA) is 89.8 Å². The average Bonchev–Trinajstić information content (AvgIpc) is 3.15. The van der Waals surface area contributed by atoms with E-state index >= 15 is 0 Å². The summed E-state index contributed by atoms with van der Waals surface area (Å²) in [6.07, 6.45) is 50.8. The number of nitrogens with one attached hydrogen (secondary N) is 1. The maximum atomic E-state index is 12.5. The summed E-state index contributed by atoms with van der Waals surface area (Å²) in [5.41, 5.74) is 0. The van der Waals surface area contributed by atoms with Gasteiger partial charge in [-0.15, -0.1) is 0 Å². The maximum absolute atomic E-state index is 12.5. The van der Waals surface area contributed by atoms with E-state index in [0.717, 1.165) is 25.7 Å². The SMILES string of the molecule is CCCCCCCCCCCCCCCCCCCCCCCC(O)C(CO)NC(=O)CC(O)CCCCCCCCCCCCCCCCCCC. The Kier molecular flexibility index (Phi) is 43.5. The number of hydrogen-bond donors (Lipinski definition) is 4. The normalized spacial score (nSPS) is 13.4. The number of carbonyl (C=O) groups excluding carboxylic acids is 1. The number of rotatable bonds is 45. The Morgan fingerprint density at radius 1 is 0.396 bits per heavy atom. The summed E-state index contributed by atoms with van der Waals surface area (Å²) in [6.45, 7) is 4.29. The van der Waals surface area contributed by atoms with Crippen LogP contribution in [0.4, 0.5) is 0 Å². The Morgan fingerprint density at radius 2 is 0.642 bits per heavy atom. The third-order valence-corrected chi connectivity index (χ3v) is 11.7. The van der Waals surface area contributed by atoms with Crippen LogP contribution in [0.2, 0.25) is 0 Å². The van der Waals surface area contributed by atoms with Gasteiger partial charge < -0.3 is 20.6 Å². The van der Waals surface area contributed by atoms with E-state index in [4.69, 9.17) is 0 Å². The number of aliphatic hydroxyl groups excluding tert-OH is 3. The van der Waals surface area contributed by atoms with Crippen molar-refractivity contribution in [2.45, 2.75) is 295 Å². The van der Waals surface area contributed by atoms with Gasteiger partial charge in [0.25, 0.3) is 0 Å². The molecule has 0 aliphatic heterocycles. The van der Waals surface area contributed by atoms with Crippen LogP contribution in [0.5, 0.6) is 0 Å². The lowest BCUT2D eigenvalue weighted by atomic mass is 10.0. The lowest BCUT2D eigenvalue weighted by molar-refractivity contribution is -0.125. The molecule has 0 aromatic carbocycles. The van der Waals surface area contributed by atoms with Crippen molar-refractivity contribution in [3.05, 3.63) is 0 Å². The van der Waals surface area contributed by atoms with E-state index in [1.807, 2.05) is 0 Å². The third-order valence-electron chi connectivity index (χ3n) is 11.7. The van der Waals surface area contributed by atoms with Gasteiger partial charge in [0.05, 0.1) is 31.3 Å². The van der Waals surface area contributed by atoms with E-state index in [0.29, 0.717) is 12.8 Å². The van der Waals surface area contributed by atoms with E-state index in [2.05, 4.69) is 19.2 Å². The van der Waals surface area contributed by atoms with Crippen LogP contribution in [0.15, 0.2) is 0 Å². The zero-order valence-electron chi connectivity index (χ0n) is 36.2. The Bertz CT molecular complexity index is 703. The minimum atomic E-state index is -0.744. The second kappa shape index (κ2) is 44.1. The van der Waals surface area contributed by atoms with Gasteiger partial charge in [-0.25, -0.2) is 0 Å². The fourth-order valence-corrected chi connectivity index (χ4v) is 7.94. The molecule has 3 atom stereocenters. The molecule has 0 heterocycles. The predicted octanol–water partition coefficient (Wildman–Crippen LogP) is 14.2. The summed E-state index contributed by atoms with van der Waals surface area (Å²) in [7, 11) is 0. The van der Waals surface area contributed by atoms with Crippen LogP contribution >= 0.6 is 0 Å². The van der Waals surface area contributed by atoms with Crippen LogP contribution < -0.4 is 5.32 Å². The Morgan fingerprint density at radius 3 is 0.906 bits per heavy atom. The molecule has 318 valence electrons. The molecular weight excluding hydrogens is 655 g/mol. The first kappa shape index (κ1) is 52.3. The first-order valence-electron chi connectivity index (χ1n) is 24.3. The lowest BCUT2D eigenvalue weighted by Crippen LogP contribution is -2.46. The molecule has 0 radical (unpaired) electrons. The van der Waals surface area contributed by atoms with Crippen molar-refractivity contribution in [2.75, 3.05) is 6.61 Å². The molecule has 4 N–H and O–H groups in total. The van der Waals surface area contributed by atoms with Crippen molar-refractivity contribution in [3.63, 3.8) is 0 Å². The fraction of sp³-hybridized carbons (Fsp3) is 0.979. The second-order valence-corrected chi connectivity index (χ2v) is 17.1. The predicted molar refractivity (Wildman–Crippen MR) is 232 cm³/mol. The number of unbranched alkanes of at least 4 members (excludes halogenated alkanes) is 36. The summed E-state index contributed by atoms with van der Waals surface area (Å²) in [5.74, 6) is -0.277. The molecule has 0 saturated heterocycles. The Labute approximate surface area is 332 Å². The molecule has 0 aliphatic carbocycles. The van der Waals surface area contributed by atoms with Crippen LogP contribution in [0.25, 0.3) is 0 Å². The highest BCUT2D eigenvalue weighted by Gasteiger charge is 2.21. The van der Waals surface area contributed by atoms with Crippen LogP contribution in [-0.4, -0.2) is 46.1 Å². The summed E-state index contributed by atoms with van der Waals surface area (Å²) >= 11 is 0. The quantitative estimate of drug-likeness (QED) is 0.0466. The van der Waals surface area contributed by atoms with Gasteiger partial charge in [0.15, 0.2) is 0 Å². The molecule has 53 heavy (non-hydrogen) atoms. The minimum Gasteiger partial charge on any atom is -0.394 e. The summed E-state index contributed by atoms with van der Waals surface area (Å²) in [5, 5.41) is 33.5. The van der Waals surface area contributed by atoms with Gasteiger partial charge in [0, 0.05) is 0 Å². The van der Waals surface area contributed by atoms with Gasteiger partial charge in [-0.2, -0.15) is 0 Å². The van der Waals surface area contributed by atoms with E-state index < -0.39 is 18.2 Å². The zero-order chi connectivity index (χ0) is 38.7. The van der Waals surface area contributed by atoms with Crippen molar-refractivity contribution in [2.24, 2.45) is 0 Å². The van der Waals surface area contributed by atoms with Crippen molar-refractivity contribution in [3.8, 4) is 0 Å². The molecule has 0 bridgehead atoms. The van der Waals surface area contributed by atoms with Crippen molar-refractivity contribution in [1.82, 2.24) is 5.32 Å². The molecule has 0 aliphatic rings. The molecule has 0 rings (SSSR count). The first-order chi connectivity index (χ1) is 26.0. The molecule has 0 fully saturated rings. The highest BCUT2D eigenvalue weighted by Crippen LogP contribution is 2.18. The summed E-state index contributed by atoms with van der Waals surface area (Å²) in [6, 6.07) is -0.653. The van der Waals surface area contributed by atoms with Gasteiger partial charge in [0.1, 0.15) is 0 Å². The standard InChI is InChI=1S/C48H97NO4/c1-3-5-7-9-11-13-15-17-19-21-22-23-24-26-28-30-32-34-36-38-40-42-47(52)46(44-50)49-48(53)43-45(51)41-39-37-35-33-31-29-27-25-20-18-16-14-12-10-8-6-4-2/h45-47,50-52H,3-44H2,1-2H3,(H,49,53). The van der Waals surface area contributed by atoms with E-state index in [9.17, 15) is 20.1 Å². The van der Waals surface area contributed by atoms with Crippen LogP contribution in [0.3, 0.4) is 0 Å². The van der Waals surface area contributed by atoms with Gasteiger partial charge in [-0.1, -0.05) is 258 Å². The first-order valence-corrected chi connectivity index (χ1v) is 24.3. The van der Waals surface area contributed by atoms with Crippen molar-refractivity contribution in [1.29, 1.82) is 0 Å². The highest BCUT2D eigenvalue weighted by atomic mass is 16.3. The second-order valence-electron chi connectivity index (χ2n) is 17.1. The molecule has 1 amide bonds. The average molecular weight is 752 g/mol. The lowest BCUT2D eigenvalue weighted by Gasteiger charge is -2.23. The molecule has 5 nitrogen and oxygen atoms in total. The van der Waals surface area contributed by atoms with Gasteiger partial charge >= 0.3 is 0 Å². The number of amides is 1. The molecule has 0 spiro atoms. The van der Waals surface area contributed by atoms with Gasteiger partial charge in [-0.3, -0.25) is 4.79 Å².